The molecule has 0 spiro atoms. The van der Waals surface area contributed by atoms with E-state index in [0.29, 0.717) is 19.0 Å². The minimum Gasteiger partial charge on any atom is -0.382 e. The van der Waals surface area contributed by atoms with E-state index in [-0.39, 0.29) is 0 Å². The summed E-state index contributed by atoms with van der Waals surface area (Å²) in [6.07, 6.45) is 8.66. The molecule has 5 rings (SSSR count). The smallest absolute Gasteiger partial charge is 0.147 e. The van der Waals surface area contributed by atoms with Crippen molar-refractivity contribution in [3.05, 3.63) is 77.9 Å². The van der Waals surface area contributed by atoms with Crippen molar-refractivity contribution in [2.24, 2.45) is 5.92 Å². The summed E-state index contributed by atoms with van der Waals surface area (Å²) in [5.74, 6) is 0.114. The molecule has 3 aromatic rings. The van der Waals surface area contributed by atoms with Crippen molar-refractivity contribution in [1.82, 2.24) is 4.98 Å². The van der Waals surface area contributed by atoms with E-state index >= 15 is 0 Å². The van der Waals surface area contributed by atoms with Crippen molar-refractivity contribution in [2.45, 2.75) is 12.5 Å². The molecular weight excluding hydrogens is 426 g/mol. The third kappa shape index (κ3) is 3.69. The van der Waals surface area contributed by atoms with E-state index in [4.69, 9.17) is 15.2 Å². The van der Waals surface area contributed by atoms with E-state index in [0.717, 1.165) is 58.2 Å². The van der Waals surface area contributed by atoms with Crippen LogP contribution in [0.1, 0.15) is 11.1 Å². The van der Waals surface area contributed by atoms with Crippen molar-refractivity contribution in [3.8, 4) is 11.1 Å². The molecule has 2 aliphatic rings. The van der Waals surface area contributed by atoms with E-state index in [2.05, 4.69) is 47.1 Å². The molecule has 1 aromatic heterocycles. The van der Waals surface area contributed by atoms with Crippen LogP contribution in [0.5, 0.6) is 0 Å². The second kappa shape index (κ2) is 9.05. The number of methoxy groups -OCH3 is 1. The zero-order valence-electron chi connectivity index (χ0n) is 19.5. The van der Waals surface area contributed by atoms with Crippen LogP contribution in [0.2, 0.25) is 0 Å². The quantitative estimate of drug-likeness (QED) is 0.574. The maximum atomic E-state index is 12.0. The molecule has 6 heteroatoms. The number of aryl methyl sites for hydroxylation is 1. The van der Waals surface area contributed by atoms with Crippen molar-refractivity contribution in [2.75, 3.05) is 44.0 Å². The molecule has 1 fully saturated rings. The van der Waals surface area contributed by atoms with Gasteiger partial charge in [0.05, 0.1) is 30.3 Å². The Labute approximate surface area is 199 Å². The number of benzene rings is 2. The summed E-state index contributed by atoms with van der Waals surface area (Å²) in [5.41, 5.74) is 11.4. The summed E-state index contributed by atoms with van der Waals surface area (Å²) in [6.45, 7) is 5.04. The number of carbonyl (C=O) groups excluding carboxylic acids is 1. The van der Waals surface area contributed by atoms with Gasteiger partial charge in [-0.05, 0) is 53.5 Å². The Hall–Kier alpha value is -3.48. The topological polar surface area (TPSA) is 77.7 Å². The largest absolute Gasteiger partial charge is 0.382 e. The summed E-state index contributed by atoms with van der Waals surface area (Å²) >= 11 is 0. The Bertz CT molecular complexity index is 1290. The molecule has 2 aromatic carbocycles. The predicted octanol–water partition coefficient (Wildman–Crippen LogP) is 4.41. The van der Waals surface area contributed by atoms with Gasteiger partial charge in [0, 0.05) is 25.6 Å². The number of anilines is 2. The maximum absolute atomic E-state index is 12.0. The second-order valence-corrected chi connectivity index (χ2v) is 8.80. The summed E-state index contributed by atoms with van der Waals surface area (Å²) in [6, 6.07) is 14.5. The molecule has 2 N–H and O–H groups in total. The minimum absolute atomic E-state index is 0.419. The second-order valence-electron chi connectivity index (χ2n) is 8.80. The monoisotopic (exact) mass is 455 g/mol. The number of nitrogens with two attached hydrogens (primary N) is 1. The lowest BCUT2D eigenvalue weighted by Gasteiger charge is -2.37. The predicted molar refractivity (Wildman–Crippen MR) is 136 cm³/mol. The lowest BCUT2D eigenvalue weighted by Crippen LogP contribution is -2.37. The minimum atomic E-state index is -0.870. The summed E-state index contributed by atoms with van der Waals surface area (Å²) in [4.78, 5) is 18.9. The zero-order chi connectivity index (χ0) is 23.7. The van der Waals surface area contributed by atoms with Gasteiger partial charge in [-0.2, -0.15) is 0 Å². The number of hydrogen-bond acceptors (Lipinski definition) is 6. The number of hydrogen-bond donors (Lipinski definition) is 1. The van der Waals surface area contributed by atoms with Gasteiger partial charge < -0.3 is 24.9 Å². The molecule has 174 valence electrons. The van der Waals surface area contributed by atoms with Crippen LogP contribution in [0.15, 0.2) is 66.8 Å². The first-order valence-electron chi connectivity index (χ1n) is 11.6. The molecule has 6 nitrogen and oxygen atoms in total. The van der Waals surface area contributed by atoms with Crippen molar-refractivity contribution < 1.29 is 14.3 Å². The van der Waals surface area contributed by atoms with Crippen molar-refractivity contribution in [1.29, 1.82) is 0 Å². The average Bonchev–Trinajstić information content (AvgIpc) is 2.88. The van der Waals surface area contributed by atoms with E-state index in [1.165, 1.54) is 0 Å². The van der Waals surface area contributed by atoms with E-state index in [9.17, 15) is 4.79 Å². The highest BCUT2D eigenvalue weighted by molar-refractivity contribution is 5.91. The van der Waals surface area contributed by atoms with Gasteiger partial charge >= 0.3 is 0 Å². The molecule has 1 saturated heterocycles. The number of carbonyl (C=O) groups is 1. The van der Waals surface area contributed by atoms with Gasteiger partial charge in [0.25, 0.3) is 0 Å². The number of fused-ring (bicyclic) bond motifs is 1. The Balaban J connectivity index is 1.67. The fourth-order valence-corrected chi connectivity index (χ4v) is 5.14. The number of rotatable bonds is 5. The Kier molecular flexibility index (Phi) is 5.94. The number of nitrogen functional groups attached to an aromatic ring is 1. The molecule has 0 bridgehead atoms. The molecule has 0 amide bonds. The lowest BCUT2D eigenvalue weighted by molar-refractivity contribution is -0.117. The Morgan fingerprint density at radius 3 is 2.76 bits per heavy atom. The fourth-order valence-electron chi connectivity index (χ4n) is 5.14. The van der Waals surface area contributed by atoms with E-state index in [1.807, 2.05) is 36.4 Å². The molecule has 0 saturated carbocycles. The van der Waals surface area contributed by atoms with Crippen LogP contribution < -0.4 is 10.6 Å². The highest BCUT2D eigenvalue weighted by Gasteiger charge is 2.40. The molecular formula is C28H29N3O3. The molecule has 2 heterocycles. The van der Waals surface area contributed by atoms with Crippen LogP contribution in [-0.2, 0) is 19.9 Å². The highest BCUT2D eigenvalue weighted by atomic mass is 16.5. The van der Waals surface area contributed by atoms with Crippen molar-refractivity contribution >= 4 is 28.7 Å². The zero-order valence-corrected chi connectivity index (χ0v) is 19.5. The van der Waals surface area contributed by atoms with Gasteiger partial charge in [0.2, 0.25) is 0 Å². The van der Waals surface area contributed by atoms with Gasteiger partial charge in [-0.3, -0.25) is 0 Å². The third-order valence-corrected chi connectivity index (χ3v) is 6.91. The summed E-state index contributed by atoms with van der Waals surface area (Å²) < 4.78 is 11.6. The van der Waals surface area contributed by atoms with Crippen molar-refractivity contribution in [3.63, 3.8) is 0 Å². The van der Waals surface area contributed by atoms with Gasteiger partial charge in [0.15, 0.2) is 0 Å². The fraction of sp³-hybridized carbons (Fsp3) is 0.286. The number of ether oxygens (including phenoxy) is 2. The van der Waals surface area contributed by atoms with Gasteiger partial charge in [0.1, 0.15) is 17.7 Å². The molecule has 2 unspecified atom stereocenters. The molecule has 2 atom stereocenters. The Morgan fingerprint density at radius 2 is 2.00 bits per heavy atom. The first kappa shape index (κ1) is 22.3. The lowest BCUT2D eigenvalue weighted by atomic mass is 9.75. The first-order chi connectivity index (χ1) is 16.6. The SMILES string of the molecule is COC1(c2cccc(C)c2-c2ccc3nc(N)c(N4CCOCC4)cc3c2)C=CC=CC1C=O. The molecule has 1 aliphatic heterocycles. The standard InChI is InChI=1S/C28H29N3O3/c1-19-6-5-8-23(28(33-2)11-4-3-7-22(28)18-32)26(19)20-9-10-24-21(16-20)17-25(27(29)30-24)31-12-14-34-15-13-31/h3-11,16-18,22H,12-15H2,1-2H3,(H2,29,30). The Morgan fingerprint density at radius 1 is 1.18 bits per heavy atom. The third-order valence-electron chi connectivity index (χ3n) is 6.91. The number of nitrogens with zero attached hydrogens (tertiary/aromatic N) is 2. The first-order valence-corrected chi connectivity index (χ1v) is 11.6. The number of morpholine rings is 1. The maximum Gasteiger partial charge on any atom is 0.147 e. The van der Waals surface area contributed by atoms with Crippen LogP contribution in [0, 0.1) is 12.8 Å². The molecule has 1 aliphatic carbocycles. The van der Waals surface area contributed by atoms with Crippen LogP contribution >= 0.6 is 0 Å². The number of pyridine rings is 1. The van der Waals surface area contributed by atoms with Crippen LogP contribution in [0.3, 0.4) is 0 Å². The number of aldehydes is 1. The van der Waals surface area contributed by atoms with Gasteiger partial charge in [-0.15, -0.1) is 0 Å². The van der Waals surface area contributed by atoms with Crippen LogP contribution in [0.4, 0.5) is 11.5 Å². The van der Waals surface area contributed by atoms with E-state index in [1.54, 1.807) is 7.11 Å². The summed E-state index contributed by atoms with van der Waals surface area (Å²) in [5, 5.41) is 1.01. The number of allylic oxidation sites excluding steroid dienone is 2. The van der Waals surface area contributed by atoms with E-state index < -0.39 is 11.5 Å². The average molecular weight is 456 g/mol. The molecule has 34 heavy (non-hydrogen) atoms. The highest BCUT2D eigenvalue weighted by Crippen LogP contribution is 2.44. The van der Waals surface area contributed by atoms with Gasteiger partial charge in [-0.25, -0.2) is 4.98 Å². The van der Waals surface area contributed by atoms with Crippen LogP contribution in [-0.4, -0.2) is 44.7 Å². The molecule has 0 radical (unpaired) electrons. The van der Waals surface area contributed by atoms with Gasteiger partial charge in [-0.1, -0.05) is 42.5 Å². The van der Waals surface area contributed by atoms with Crippen LogP contribution in [0.25, 0.3) is 22.0 Å². The number of aromatic nitrogens is 1. The summed E-state index contributed by atoms with van der Waals surface area (Å²) in [7, 11) is 1.66. The normalized spacial score (nSPS) is 22.3.